The molecular weight excluding hydrogens is 366 g/mol. The van der Waals surface area contributed by atoms with Crippen LogP contribution in [0.25, 0.3) is 0 Å². The number of anilines is 2. The Hall–Kier alpha value is -3.21. The first-order valence-corrected chi connectivity index (χ1v) is 8.22. The molecule has 134 valence electrons. The van der Waals surface area contributed by atoms with Gasteiger partial charge in [0.25, 0.3) is 0 Å². The Balaban J connectivity index is 1.49. The highest BCUT2D eigenvalue weighted by atomic mass is 32.2. The van der Waals surface area contributed by atoms with Crippen LogP contribution in [0, 0.1) is 11.6 Å². The van der Waals surface area contributed by atoms with Crippen molar-refractivity contribution >= 4 is 35.5 Å². The van der Waals surface area contributed by atoms with Crippen molar-refractivity contribution in [3.63, 3.8) is 0 Å². The number of carbonyl (C=O) groups is 1. The van der Waals surface area contributed by atoms with Crippen LogP contribution in [0.4, 0.5) is 20.4 Å². The Morgan fingerprint density at radius 2 is 2.12 bits per heavy atom. The fourth-order valence-electron chi connectivity index (χ4n) is 1.81. The van der Waals surface area contributed by atoms with Gasteiger partial charge in [-0.1, -0.05) is 17.8 Å². The normalized spacial score (nSPS) is 11.0. The monoisotopic (exact) mass is 378 g/mol. The van der Waals surface area contributed by atoms with Gasteiger partial charge in [0.15, 0.2) is 0 Å². The minimum Gasteiger partial charge on any atom is -0.463 e. The molecule has 0 fully saturated rings. The third kappa shape index (κ3) is 4.66. The minimum absolute atomic E-state index is 0.124. The van der Waals surface area contributed by atoms with E-state index in [2.05, 4.69) is 31.0 Å². The lowest BCUT2D eigenvalue weighted by Gasteiger charge is -2.06. The van der Waals surface area contributed by atoms with Crippen LogP contribution in [0.15, 0.2) is 51.3 Å². The van der Waals surface area contributed by atoms with Gasteiger partial charge < -0.3 is 9.73 Å². The van der Waals surface area contributed by atoms with Crippen LogP contribution in [0.1, 0.15) is 5.76 Å². The fraction of sp³-hybridized carbons (Fsp3) is 0.0667. The van der Waals surface area contributed by atoms with Crippen LogP contribution >= 0.6 is 11.8 Å². The van der Waals surface area contributed by atoms with Gasteiger partial charge in [0.05, 0.1) is 18.2 Å². The topological polar surface area (TPSA) is 108 Å². The Morgan fingerprint density at radius 1 is 1.31 bits per heavy atom. The lowest BCUT2D eigenvalue weighted by atomic mass is 10.3. The van der Waals surface area contributed by atoms with Crippen molar-refractivity contribution in [3.05, 3.63) is 54.0 Å². The number of hydrogen-bond acceptors (Lipinski definition) is 7. The maximum atomic E-state index is 13.5. The largest absolute Gasteiger partial charge is 0.463 e. The molecule has 2 aromatic heterocycles. The highest BCUT2D eigenvalue weighted by molar-refractivity contribution is 7.99. The molecule has 0 spiro atoms. The maximum Gasteiger partial charge on any atom is 0.240 e. The fourth-order valence-corrected chi connectivity index (χ4v) is 2.40. The summed E-state index contributed by atoms with van der Waals surface area (Å²) in [5.41, 5.74) is 2.13. The van der Waals surface area contributed by atoms with Gasteiger partial charge in [0.1, 0.15) is 23.1 Å². The number of H-pyrrole nitrogens is 1. The van der Waals surface area contributed by atoms with Gasteiger partial charge in [-0.15, -0.1) is 5.10 Å². The van der Waals surface area contributed by atoms with Gasteiger partial charge in [0.2, 0.25) is 17.0 Å². The summed E-state index contributed by atoms with van der Waals surface area (Å²) in [6.07, 6.45) is 2.97. The molecule has 0 unspecified atom stereocenters. The molecule has 0 aliphatic carbocycles. The number of benzene rings is 1. The van der Waals surface area contributed by atoms with Gasteiger partial charge in [-0.25, -0.2) is 19.3 Å². The Morgan fingerprint density at radius 3 is 2.85 bits per heavy atom. The number of hydrazone groups is 1. The first kappa shape index (κ1) is 17.6. The summed E-state index contributed by atoms with van der Waals surface area (Å²) in [7, 11) is 0. The van der Waals surface area contributed by atoms with Crippen LogP contribution in [0.3, 0.4) is 0 Å². The van der Waals surface area contributed by atoms with E-state index in [9.17, 15) is 13.6 Å². The highest BCUT2D eigenvalue weighted by Gasteiger charge is 2.13. The molecule has 1 amide bonds. The van der Waals surface area contributed by atoms with E-state index in [1.807, 2.05) is 0 Å². The summed E-state index contributed by atoms with van der Waals surface area (Å²) >= 11 is 0.991. The quantitative estimate of drug-likeness (QED) is 0.331. The van der Waals surface area contributed by atoms with E-state index in [1.165, 1.54) is 18.5 Å². The zero-order valence-corrected chi connectivity index (χ0v) is 13.9. The standard InChI is InChI=1S/C15H12F2N6O2S/c16-10-4-1-5-11(17)13(10)19-12(24)8-26-15-20-14(22-23-15)21-18-7-9-3-2-6-25-9/h1-7H,8H2,(H,19,24)(H2,20,21,22,23)/b18-7-. The van der Waals surface area contributed by atoms with Crippen LogP contribution < -0.4 is 10.7 Å². The summed E-state index contributed by atoms with van der Waals surface area (Å²) in [5.74, 6) is -1.58. The molecule has 26 heavy (non-hydrogen) atoms. The molecule has 3 rings (SSSR count). The molecule has 0 bridgehead atoms. The average Bonchev–Trinajstić information content (AvgIpc) is 3.29. The van der Waals surface area contributed by atoms with E-state index in [-0.39, 0.29) is 16.9 Å². The third-order valence-electron chi connectivity index (χ3n) is 2.93. The molecular formula is C15H12F2N6O2S. The zero-order valence-electron chi connectivity index (χ0n) is 13.1. The molecule has 0 saturated heterocycles. The van der Waals surface area contributed by atoms with Crippen LogP contribution in [-0.4, -0.2) is 33.1 Å². The van der Waals surface area contributed by atoms with Gasteiger partial charge in [-0.2, -0.15) is 10.1 Å². The molecule has 8 nitrogen and oxygen atoms in total. The number of aromatic nitrogens is 3. The molecule has 0 aliphatic rings. The summed E-state index contributed by atoms with van der Waals surface area (Å²) in [5, 5.41) is 12.8. The minimum atomic E-state index is -0.845. The Kier molecular flexibility index (Phi) is 5.59. The number of thioether (sulfide) groups is 1. The summed E-state index contributed by atoms with van der Waals surface area (Å²) < 4.78 is 32.0. The van der Waals surface area contributed by atoms with Crippen LogP contribution in [0.2, 0.25) is 0 Å². The second-order valence-corrected chi connectivity index (χ2v) is 5.73. The van der Waals surface area contributed by atoms with Crippen molar-refractivity contribution < 1.29 is 18.0 Å². The van der Waals surface area contributed by atoms with Gasteiger partial charge in [-0.3, -0.25) is 4.79 Å². The van der Waals surface area contributed by atoms with E-state index in [0.29, 0.717) is 5.76 Å². The molecule has 11 heteroatoms. The second kappa shape index (κ2) is 8.25. The summed E-state index contributed by atoms with van der Waals surface area (Å²) in [4.78, 5) is 15.9. The average molecular weight is 378 g/mol. The number of hydrogen-bond donors (Lipinski definition) is 3. The van der Waals surface area contributed by atoms with Crippen molar-refractivity contribution in [3.8, 4) is 0 Å². The van der Waals surface area contributed by atoms with Gasteiger partial charge in [-0.05, 0) is 24.3 Å². The Labute approximate surface area is 150 Å². The first-order valence-electron chi connectivity index (χ1n) is 7.23. The number of halogens is 2. The van der Waals surface area contributed by atoms with E-state index in [4.69, 9.17) is 4.42 Å². The third-order valence-corrected chi connectivity index (χ3v) is 3.78. The number of carbonyl (C=O) groups excluding carboxylic acids is 1. The molecule has 3 aromatic rings. The lowest BCUT2D eigenvalue weighted by molar-refractivity contribution is -0.113. The van der Waals surface area contributed by atoms with Gasteiger partial charge >= 0.3 is 0 Å². The molecule has 0 saturated carbocycles. The van der Waals surface area contributed by atoms with Crippen molar-refractivity contribution in [2.75, 3.05) is 16.5 Å². The van der Waals surface area contributed by atoms with E-state index in [0.717, 1.165) is 23.9 Å². The van der Waals surface area contributed by atoms with E-state index in [1.54, 1.807) is 12.1 Å². The molecule has 2 heterocycles. The van der Waals surface area contributed by atoms with Crippen LogP contribution in [0.5, 0.6) is 0 Å². The SMILES string of the molecule is O=C(CSc1n[nH]c(N/N=C\c2ccco2)n1)Nc1c(F)cccc1F. The van der Waals surface area contributed by atoms with Crippen molar-refractivity contribution in [1.29, 1.82) is 0 Å². The number of nitrogens with one attached hydrogen (secondary N) is 3. The van der Waals surface area contributed by atoms with Gasteiger partial charge in [0, 0.05) is 0 Å². The van der Waals surface area contributed by atoms with Crippen molar-refractivity contribution in [2.45, 2.75) is 5.16 Å². The Bertz CT molecular complexity index is 893. The van der Waals surface area contributed by atoms with E-state index < -0.39 is 23.2 Å². The zero-order chi connectivity index (χ0) is 18.4. The molecule has 1 aromatic carbocycles. The second-order valence-electron chi connectivity index (χ2n) is 4.79. The number of amides is 1. The summed E-state index contributed by atoms with van der Waals surface area (Å²) in [6.45, 7) is 0. The van der Waals surface area contributed by atoms with Crippen molar-refractivity contribution in [2.24, 2.45) is 5.10 Å². The molecule has 3 N–H and O–H groups in total. The number of aromatic amines is 1. The molecule has 0 radical (unpaired) electrons. The predicted molar refractivity (Wildman–Crippen MR) is 92.0 cm³/mol. The lowest BCUT2D eigenvalue weighted by Crippen LogP contribution is -2.16. The van der Waals surface area contributed by atoms with E-state index >= 15 is 0 Å². The smallest absolute Gasteiger partial charge is 0.240 e. The van der Waals surface area contributed by atoms with Crippen LogP contribution in [-0.2, 0) is 4.79 Å². The highest BCUT2D eigenvalue weighted by Crippen LogP contribution is 2.19. The number of rotatable bonds is 7. The number of furan rings is 1. The molecule has 0 atom stereocenters. The first-order chi connectivity index (χ1) is 12.6. The summed E-state index contributed by atoms with van der Waals surface area (Å²) in [6, 6.07) is 6.78. The number of nitrogens with zero attached hydrogens (tertiary/aromatic N) is 3. The predicted octanol–water partition coefficient (Wildman–Crippen LogP) is 2.85. The van der Waals surface area contributed by atoms with Crippen molar-refractivity contribution in [1.82, 2.24) is 15.2 Å². The molecule has 0 aliphatic heterocycles. The maximum absolute atomic E-state index is 13.5. The number of para-hydroxylation sites is 1.